The minimum Gasteiger partial charge on any atom is -0.454 e. The maximum atomic E-state index is 11.8. The second-order valence-corrected chi connectivity index (χ2v) is 5.32. The lowest BCUT2D eigenvalue weighted by Gasteiger charge is -2.04. The van der Waals surface area contributed by atoms with Gasteiger partial charge in [0.05, 0.1) is 5.38 Å². The lowest BCUT2D eigenvalue weighted by Crippen LogP contribution is -2.24. The first kappa shape index (κ1) is 14.7. The first-order valence-corrected chi connectivity index (χ1v) is 7.16. The van der Waals surface area contributed by atoms with E-state index in [1.165, 1.54) is 5.56 Å². The van der Waals surface area contributed by atoms with Crippen molar-refractivity contribution in [3.63, 3.8) is 0 Å². The number of amides is 1. The summed E-state index contributed by atoms with van der Waals surface area (Å²) in [6, 6.07) is 13.6. The van der Waals surface area contributed by atoms with Crippen LogP contribution in [0.4, 0.5) is 0 Å². The van der Waals surface area contributed by atoms with Crippen LogP contribution in [0.25, 0.3) is 0 Å². The summed E-state index contributed by atoms with van der Waals surface area (Å²) >= 11 is 5.89. The number of furan rings is 1. The standard InChI is InChI=1S/C16H18ClNO2/c1-12(17)14-9-10-15(20-14)16(19)18-11-5-8-13-6-3-2-4-7-13/h2-4,6-7,9-10,12H,5,8,11H2,1H3,(H,18,19). The zero-order valence-corrected chi connectivity index (χ0v) is 12.2. The Morgan fingerprint density at radius 2 is 2.00 bits per heavy atom. The van der Waals surface area contributed by atoms with E-state index in [2.05, 4.69) is 17.4 Å². The van der Waals surface area contributed by atoms with E-state index in [-0.39, 0.29) is 11.3 Å². The summed E-state index contributed by atoms with van der Waals surface area (Å²) in [6.45, 7) is 2.43. The van der Waals surface area contributed by atoms with E-state index in [0.29, 0.717) is 18.1 Å². The quantitative estimate of drug-likeness (QED) is 0.647. The molecule has 1 aromatic heterocycles. The van der Waals surface area contributed by atoms with Gasteiger partial charge in [-0.15, -0.1) is 11.6 Å². The van der Waals surface area contributed by atoms with E-state index in [4.69, 9.17) is 16.0 Å². The van der Waals surface area contributed by atoms with Crippen molar-refractivity contribution in [1.82, 2.24) is 5.32 Å². The van der Waals surface area contributed by atoms with Crippen LogP contribution in [0.5, 0.6) is 0 Å². The van der Waals surface area contributed by atoms with Crippen molar-refractivity contribution in [2.45, 2.75) is 25.1 Å². The van der Waals surface area contributed by atoms with Crippen molar-refractivity contribution in [1.29, 1.82) is 0 Å². The van der Waals surface area contributed by atoms with Gasteiger partial charge in [0.15, 0.2) is 5.76 Å². The Morgan fingerprint density at radius 1 is 1.25 bits per heavy atom. The molecule has 0 saturated heterocycles. The molecule has 1 atom stereocenters. The van der Waals surface area contributed by atoms with Gasteiger partial charge in [-0.1, -0.05) is 30.3 Å². The summed E-state index contributed by atoms with van der Waals surface area (Å²) in [5.74, 6) is 0.731. The van der Waals surface area contributed by atoms with Crippen LogP contribution in [0.15, 0.2) is 46.9 Å². The molecule has 0 aliphatic heterocycles. The summed E-state index contributed by atoms with van der Waals surface area (Å²) in [7, 11) is 0. The SMILES string of the molecule is CC(Cl)c1ccc(C(=O)NCCCc2ccccc2)o1. The number of hydrogen-bond acceptors (Lipinski definition) is 2. The third-order valence-electron chi connectivity index (χ3n) is 3.01. The molecule has 4 heteroatoms. The van der Waals surface area contributed by atoms with Gasteiger partial charge in [-0.3, -0.25) is 4.79 Å². The van der Waals surface area contributed by atoms with E-state index < -0.39 is 0 Å². The number of carbonyl (C=O) groups is 1. The Labute approximate surface area is 123 Å². The number of rotatable bonds is 6. The molecule has 1 aromatic carbocycles. The van der Waals surface area contributed by atoms with Crippen LogP contribution in [0.3, 0.4) is 0 Å². The van der Waals surface area contributed by atoms with Crippen LogP contribution >= 0.6 is 11.6 Å². The highest BCUT2D eigenvalue weighted by atomic mass is 35.5. The summed E-state index contributed by atoms with van der Waals surface area (Å²) < 4.78 is 5.38. The van der Waals surface area contributed by atoms with Crippen molar-refractivity contribution < 1.29 is 9.21 Å². The van der Waals surface area contributed by atoms with Gasteiger partial charge in [0.1, 0.15) is 5.76 Å². The zero-order chi connectivity index (χ0) is 14.4. The predicted octanol–water partition coefficient (Wildman–Crippen LogP) is 3.94. The average molecular weight is 292 g/mol. The van der Waals surface area contributed by atoms with Gasteiger partial charge in [0, 0.05) is 6.54 Å². The van der Waals surface area contributed by atoms with Gasteiger partial charge >= 0.3 is 0 Å². The van der Waals surface area contributed by atoms with Crippen LogP contribution in [0, 0.1) is 0 Å². The molecule has 1 heterocycles. The highest BCUT2D eigenvalue weighted by Crippen LogP contribution is 2.21. The monoisotopic (exact) mass is 291 g/mol. The molecule has 1 amide bonds. The number of halogens is 1. The number of hydrogen-bond donors (Lipinski definition) is 1. The molecule has 20 heavy (non-hydrogen) atoms. The minimum absolute atomic E-state index is 0.193. The van der Waals surface area contributed by atoms with E-state index in [9.17, 15) is 4.79 Å². The summed E-state index contributed by atoms with van der Waals surface area (Å²) in [4.78, 5) is 11.8. The zero-order valence-electron chi connectivity index (χ0n) is 11.4. The Morgan fingerprint density at radius 3 is 2.65 bits per heavy atom. The second kappa shape index (κ2) is 7.15. The minimum atomic E-state index is -0.227. The van der Waals surface area contributed by atoms with Crippen molar-refractivity contribution in [2.75, 3.05) is 6.54 Å². The first-order chi connectivity index (χ1) is 9.66. The molecule has 0 aliphatic rings. The van der Waals surface area contributed by atoms with Gasteiger partial charge in [0.25, 0.3) is 5.91 Å². The molecule has 3 nitrogen and oxygen atoms in total. The van der Waals surface area contributed by atoms with E-state index in [0.717, 1.165) is 12.8 Å². The summed E-state index contributed by atoms with van der Waals surface area (Å²) in [6.07, 6.45) is 1.85. The van der Waals surface area contributed by atoms with Crippen LogP contribution < -0.4 is 5.32 Å². The fourth-order valence-electron chi connectivity index (χ4n) is 1.91. The first-order valence-electron chi connectivity index (χ1n) is 6.73. The molecule has 0 saturated carbocycles. The molecule has 106 valence electrons. The molecule has 2 aromatic rings. The molecule has 2 rings (SSSR count). The largest absolute Gasteiger partial charge is 0.454 e. The lowest BCUT2D eigenvalue weighted by molar-refractivity contribution is 0.0924. The molecule has 0 bridgehead atoms. The fraction of sp³-hybridized carbons (Fsp3) is 0.312. The Balaban J connectivity index is 1.75. The molecule has 0 fully saturated rings. The van der Waals surface area contributed by atoms with Crippen LogP contribution in [-0.4, -0.2) is 12.5 Å². The van der Waals surface area contributed by atoms with Gasteiger partial charge in [0.2, 0.25) is 0 Å². The number of nitrogens with one attached hydrogen (secondary N) is 1. The Hall–Kier alpha value is -1.74. The number of benzene rings is 1. The molecule has 0 aliphatic carbocycles. The van der Waals surface area contributed by atoms with Gasteiger partial charge in [-0.25, -0.2) is 0 Å². The maximum Gasteiger partial charge on any atom is 0.286 e. The normalized spacial score (nSPS) is 12.1. The van der Waals surface area contributed by atoms with Gasteiger partial charge in [-0.05, 0) is 37.5 Å². The van der Waals surface area contributed by atoms with Crippen LogP contribution in [0.2, 0.25) is 0 Å². The van der Waals surface area contributed by atoms with Crippen molar-refractivity contribution in [2.24, 2.45) is 0 Å². The maximum absolute atomic E-state index is 11.8. The fourth-order valence-corrected chi connectivity index (χ4v) is 2.03. The topological polar surface area (TPSA) is 42.2 Å². The molecule has 0 radical (unpaired) electrons. The number of aryl methyl sites for hydroxylation is 1. The lowest BCUT2D eigenvalue weighted by atomic mass is 10.1. The molecule has 0 spiro atoms. The molecular formula is C16H18ClNO2. The highest BCUT2D eigenvalue weighted by molar-refractivity contribution is 6.20. The van der Waals surface area contributed by atoms with Crippen molar-refractivity contribution in [3.8, 4) is 0 Å². The third kappa shape index (κ3) is 4.14. The number of carbonyl (C=O) groups excluding carboxylic acids is 1. The molecule has 1 unspecified atom stereocenters. The van der Waals surface area contributed by atoms with Gasteiger partial charge in [-0.2, -0.15) is 0 Å². The third-order valence-corrected chi connectivity index (χ3v) is 3.23. The second-order valence-electron chi connectivity index (χ2n) is 4.66. The smallest absolute Gasteiger partial charge is 0.286 e. The van der Waals surface area contributed by atoms with Crippen LogP contribution in [0.1, 0.15) is 40.6 Å². The Bertz CT molecular complexity index is 549. The predicted molar refractivity (Wildman–Crippen MR) is 80.1 cm³/mol. The Kier molecular flexibility index (Phi) is 5.24. The average Bonchev–Trinajstić information content (AvgIpc) is 2.94. The summed E-state index contributed by atoms with van der Waals surface area (Å²) in [5, 5.41) is 2.62. The van der Waals surface area contributed by atoms with Crippen molar-refractivity contribution in [3.05, 3.63) is 59.5 Å². The molecular weight excluding hydrogens is 274 g/mol. The van der Waals surface area contributed by atoms with Crippen molar-refractivity contribution >= 4 is 17.5 Å². The summed E-state index contributed by atoms with van der Waals surface area (Å²) in [5.41, 5.74) is 1.28. The highest BCUT2D eigenvalue weighted by Gasteiger charge is 2.12. The van der Waals surface area contributed by atoms with Crippen LogP contribution in [-0.2, 0) is 6.42 Å². The van der Waals surface area contributed by atoms with E-state index in [1.807, 2.05) is 25.1 Å². The van der Waals surface area contributed by atoms with E-state index >= 15 is 0 Å². The number of alkyl halides is 1. The van der Waals surface area contributed by atoms with E-state index in [1.54, 1.807) is 12.1 Å². The van der Waals surface area contributed by atoms with Gasteiger partial charge < -0.3 is 9.73 Å². The molecule has 1 N–H and O–H groups in total.